The van der Waals surface area contributed by atoms with Crippen molar-refractivity contribution in [3.63, 3.8) is 0 Å². The third kappa shape index (κ3) is 3.02. The molecular formula is C9H10BrN5. The summed E-state index contributed by atoms with van der Waals surface area (Å²) in [6, 6.07) is 3.87. The van der Waals surface area contributed by atoms with Crippen LogP contribution in [0.25, 0.3) is 0 Å². The molecule has 0 saturated carbocycles. The van der Waals surface area contributed by atoms with Crippen LogP contribution in [0, 0.1) is 0 Å². The van der Waals surface area contributed by atoms with Gasteiger partial charge in [0.05, 0.1) is 18.4 Å². The van der Waals surface area contributed by atoms with Gasteiger partial charge in [-0.25, -0.2) is 9.97 Å². The lowest BCUT2D eigenvalue weighted by atomic mass is 10.4. The molecule has 2 heterocycles. The second-order valence-corrected chi connectivity index (χ2v) is 3.77. The third-order valence-corrected chi connectivity index (χ3v) is 2.33. The van der Waals surface area contributed by atoms with Crippen LogP contribution in [0.1, 0.15) is 0 Å². The highest BCUT2D eigenvalue weighted by atomic mass is 79.9. The topological polar surface area (TPSA) is 55.6 Å². The normalized spacial score (nSPS) is 10.2. The summed E-state index contributed by atoms with van der Waals surface area (Å²) in [7, 11) is 0. The van der Waals surface area contributed by atoms with Gasteiger partial charge in [-0.15, -0.1) is 0 Å². The third-order valence-electron chi connectivity index (χ3n) is 1.86. The molecule has 2 aromatic heterocycles. The molecule has 0 aromatic carbocycles. The second-order valence-electron chi connectivity index (χ2n) is 2.95. The number of nitrogens with zero attached hydrogens (tertiary/aromatic N) is 4. The Hall–Kier alpha value is -1.43. The minimum atomic E-state index is 0.788. The Kier molecular flexibility index (Phi) is 3.29. The molecule has 5 nitrogen and oxygen atoms in total. The molecule has 0 atom stereocenters. The van der Waals surface area contributed by atoms with Crippen LogP contribution in [0.3, 0.4) is 0 Å². The SMILES string of the molecule is Brc1ccc(NCCn2cncn2)cn1. The molecule has 0 fully saturated rings. The average Bonchev–Trinajstić information content (AvgIpc) is 2.74. The number of halogens is 1. The molecule has 2 rings (SSSR count). The maximum absolute atomic E-state index is 4.11. The highest BCUT2D eigenvalue weighted by Gasteiger charge is 1.93. The van der Waals surface area contributed by atoms with Gasteiger partial charge in [-0.05, 0) is 28.1 Å². The van der Waals surface area contributed by atoms with Crippen molar-refractivity contribution in [3.8, 4) is 0 Å². The number of pyridine rings is 1. The molecule has 0 unspecified atom stereocenters. The molecule has 0 spiro atoms. The number of hydrogen-bond acceptors (Lipinski definition) is 4. The predicted molar refractivity (Wildman–Crippen MR) is 60.4 cm³/mol. The van der Waals surface area contributed by atoms with Crippen molar-refractivity contribution in [2.45, 2.75) is 6.54 Å². The lowest BCUT2D eigenvalue weighted by Crippen LogP contribution is -2.10. The van der Waals surface area contributed by atoms with Gasteiger partial charge in [0.25, 0.3) is 0 Å². The summed E-state index contributed by atoms with van der Waals surface area (Å²) < 4.78 is 2.61. The summed E-state index contributed by atoms with van der Waals surface area (Å²) in [5.74, 6) is 0. The van der Waals surface area contributed by atoms with Gasteiger partial charge in [-0.2, -0.15) is 5.10 Å². The lowest BCUT2D eigenvalue weighted by molar-refractivity contribution is 0.636. The van der Waals surface area contributed by atoms with Crippen LogP contribution in [0.5, 0.6) is 0 Å². The standard InChI is InChI=1S/C9H10BrN5/c10-9-2-1-8(5-13-9)12-3-4-15-7-11-6-14-15/h1-2,5-7,12H,3-4H2. The van der Waals surface area contributed by atoms with E-state index in [2.05, 4.69) is 36.3 Å². The average molecular weight is 268 g/mol. The van der Waals surface area contributed by atoms with E-state index in [0.29, 0.717) is 0 Å². The van der Waals surface area contributed by atoms with E-state index in [0.717, 1.165) is 23.4 Å². The van der Waals surface area contributed by atoms with Crippen molar-refractivity contribution in [1.29, 1.82) is 0 Å². The maximum Gasteiger partial charge on any atom is 0.137 e. The van der Waals surface area contributed by atoms with Crippen LogP contribution in [0.4, 0.5) is 5.69 Å². The zero-order chi connectivity index (χ0) is 10.5. The smallest absolute Gasteiger partial charge is 0.137 e. The summed E-state index contributed by atoms with van der Waals surface area (Å²) in [5, 5.41) is 7.24. The predicted octanol–water partition coefficient (Wildman–Crippen LogP) is 1.55. The highest BCUT2D eigenvalue weighted by Crippen LogP contribution is 2.09. The highest BCUT2D eigenvalue weighted by molar-refractivity contribution is 9.10. The van der Waals surface area contributed by atoms with Crippen molar-refractivity contribution in [3.05, 3.63) is 35.6 Å². The fourth-order valence-corrected chi connectivity index (χ4v) is 1.38. The monoisotopic (exact) mass is 267 g/mol. The Labute approximate surface area is 95.7 Å². The number of rotatable bonds is 4. The van der Waals surface area contributed by atoms with Crippen molar-refractivity contribution >= 4 is 21.6 Å². The van der Waals surface area contributed by atoms with Gasteiger partial charge >= 0.3 is 0 Å². The van der Waals surface area contributed by atoms with Crippen molar-refractivity contribution in [2.75, 3.05) is 11.9 Å². The fourth-order valence-electron chi connectivity index (χ4n) is 1.14. The lowest BCUT2D eigenvalue weighted by Gasteiger charge is -2.05. The first-order valence-corrected chi connectivity index (χ1v) is 5.32. The molecule has 0 aliphatic rings. The molecule has 0 radical (unpaired) electrons. The molecule has 0 aliphatic carbocycles. The summed E-state index contributed by atoms with van der Waals surface area (Å²) in [6.07, 6.45) is 5.01. The Morgan fingerprint density at radius 2 is 2.33 bits per heavy atom. The molecule has 15 heavy (non-hydrogen) atoms. The molecule has 0 saturated heterocycles. The van der Waals surface area contributed by atoms with E-state index in [1.165, 1.54) is 6.33 Å². The van der Waals surface area contributed by atoms with Crippen LogP contribution in [-0.4, -0.2) is 26.3 Å². The van der Waals surface area contributed by atoms with Gasteiger partial charge in [0.15, 0.2) is 0 Å². The Bertz CT molecular complexity index is 397. The van der Waals surface area contributed by atoms with E-state index in [1.54, 1.807) is 17.2 Å². The molecule has 0 amide bonds. The number of hydrogen-bond donors (Lipinski definition) is 1. The van der Waals surface area contributed by atoms with E-state index in [9.17, 15) is 0 Å². The van der Waals surface area contributed by atoms with Gasteiger partial charge in [0.2, 0.25) is 0 Å². The van der Waals surface area contributed by atoms with E-state index < -0.39 is 0 Å². The van der Waals surface area contributed by atoms with E-state index in [-0.39, 0.29) is 0 Å². The van der Waals surface area contributed by atoms with Gasteiger partial charge in [-0.1, -0.05) is 0 Å². The minimum Gasteiger partial charge on any atom is -0.382 e. The Morgan fingerprint density at radius 3 is 3.00 bits per heavy atom. The molecule has 1 N–H and O–H groups in total. The summed E-state index contributed by atoms with van der Waals surface area (Å²) in [6.45, 7) is 1.59. The van der Waals surface area contributed by atoms with Crippen LogP contribution < -0.4 is 5.32 Å². The van der Waals surface area contributed by atoms with Crippen molar-refractivity contribution in [2.24, 2.45) is 0 Å². The summed E-state index contributed by atoms with van der Waals surface area (Å²) in [4.78, 5) is 7.98. The van der Waals surface area contributed by atoms with Gasteiger partial charge in [0.1, 0.15) is 17.3 Å². The molecular weight excluding hydrogens is 258 g/mol. The van der Waals surface area contributed by atoms with Crippen molar-refractivity contribution < 1.29 is 0 Å². The van der Waals surface area contributed by atoms with Crippen LogP contribution in [-0.2, 0) is 6.54 Å². The first-order chi connectivity index (χ1) is 7.34. The number of nitrogens with one attached hydrogen (secondary N) is 1. The Morgan fingerprint density at radius 1 is 1.40 bits per heavy atom. The van der Waals surface area contributed by atoms with E-state index >= 15 is 0 Å². The van der Waals surface area contributed by atoms with Crippen molar-refractivity contribution in [1.82, 2.24) is 19.7 Å². The number of aromatic nitrogens is 4. The first-order valence-electron chi connectivity index (χ1n) is 4.52. The molecule has 0 aliphatic heterocycles. The Balaban J connectivity index is 1.81. The summed E-state index contributed by atoms with van der Waals surface area (Å²) in [5.41, 5.74) is 0.998. The van der Waals surface area contributed by atoms with Gasteiger partial charge < -0.3 is 5.32 Å². The molecule has 6 heteroatoms. The van der Waals surface area contributed by atoms with E-state index in [1.807, 2.05) is 12.1 Å². The second kappa shape index (κ2) is 4.88. The molecule has 0 bridgehead atoms. The van der Waals surface area contributed by atoms with Gasteiger partial charge in [-0.3, -0.25) is 4.68 Å². The maximum atomic E-state index is 4.11. The summed E-state index contributed by atoms with van der Waals surface area (Å²) >= 11 is 3.28. The zero-order valence-corrected chi connectivity index (χ0v) is 9.55. The number of anilines is 1. The molecule has 78 valence electrons. The zero-order valence-electron chi connectivity index (χ0n) is 7.97. The first kappa shape index (κ1) is 10.1. The van der Waals surface area contributed by atoms with Crippen LogP contribution >= 0.6 is 15.9 Å². The quantitative estimate of drug-likeness (QED) is 0.855. The fraction of sp³-hybridized carbons (Fsp3) is 0.222. The van der Waals surface area contributed by atoms with E-state index in [4.69, 9.17) is 0 Å². The largest absolute Gasteiger partial charge is 0.382 e. The minimum absolute atomic E-state index is 0.788. The van der Waals surface area contributed by atoms with Crippen LogP contribution in [0.2, 0.25) is 0 Å². The van der Waals surface area contributed by atoms with Crippen LogP contribution in [0.15, 0.2) is 35.6 Å². The molecule has 2 aromatic rings. The van der Waals surface area contributed by atoms with Gasteiger partial charge in [0, 0.05) is 6.54 Å².